The second kappa shape index (κ2) is 7.39. The van der Waals surface area contributed by atoms with Crippen molar-refractivity contribution in [1.82, 2.24) is 10.3 Å². The van der Waals surface area contributed by atoms with Crippen LogP contribution in [0.15, 0.2) is 45.9 Å². The summed E-state index contributed by atoms with van der Waals surface area (Å²) in [5, 5.41) is 17.6. The molecule has 1 fully saturated rings. The van der Waals surface area contributed by atoms with Gasteiger partial charge in [-0.2, -0.15) is 5.10 Å². The van der Waals surface area contributed by atoms with E-state index in [1.807, 2.05) is 0 Å². The van der Waals surface area contributed by atoms with Crippen LogP contribution in [0.5, 0.6) is 0 Å². The molecule has 1 aliphatic heterocycles. The van der Waals surface area contributed by atoms with E-state index in [2.05, 4.69) is 10.4 Å². The van der Waals surface area contributed by atoms with Crippen molar-refractivity contribution < 1.29 is 18.9 Å². The molecule has 1 aromatic heterocycles. The Morgan fingerprint density at radius 2 is 1.92 bits per heavy atom. The molecular formula is C14H10N4NaO5. The Morgan fingerprint density at radius 3 is 2.50 bits per heavy atom. The number of nitrogens with one attached hydrogen (secondary N) is 1. The topological polar surface area (TPSA) is 118 Å². The summed E-state index contributed by atoms with van der Waals surface area (Å²) in [6, 6.07) is 8.63. The van der Waals surface area contributed by atoms with Gasteiger partial charge in [0, 0.05) is 47.3 Å². The minimum absolute atomic E-state index is 0. The van der Waals surface area contributed by atoms with Gasteiger partial charge in [0.1, 0.15) is 18.1 Å². The quantitative estimate of drug-likeness (QED) is 0.297. The van der Waals surface area contributed by atoms with Crippen molar-refractivity contribution in [2.45, 2.75) is 0 Å². The van der Waals surface area contributed by atoms with Gasteiger partial charge in [-0.25, -0.2) is 9.80 Å². The molecule has 3 rings (SSSR count). The molecule has 117 valence electrons. The predicted octanol–water partition coefficient (Wildman–Crippen LogP) is 1.36. The number of furan rings is 1. The fourth-order valence-electron chi connectivity index (χ4n) is 1.98. The SMILES string of the molecule is O=C1CN(N=Cc2ccc(-c3ccc([N+](=O)[O-])cc3)o2)C(=O)N1.[Na]. The van der Waals surface area contributed by atoms with Crippen LogP contribution in [0.25, 0.3) is 11.3 Å². The summed E-state index contributed by atoms with van der Waals surface area (Å²) in [5.74, 6) is 0.465. The van der Waals surface area contributed by atoms with E-state index in [4.69, 9.17) is 4.42 Å². The van der Waals surface area contributed by atoms with E-state index in [0.717, 1.165) is 5.01 Å². The molecule has 0 bridgehead atoms. The van der Waals surface area contributed by atoms with Gasteiger partial charge in [-0.1, -0.05) is 0 Å². The number of rotatable bonds is 4. The van der Waals surface area contributed by atoms with Gasteiger partial charge in [0.05, 0.1) is 11.1 Å². The number of urea groups is 1. The van der Waals surface area contributed by atoms with E-state index >= 15 is 0 Å². The number of hydrogen-bond acceptors (Lipinski definition) is 6. The Kier molecular flexibility index (Phi) is 5.50. The van der Waals surface area contributed by atoms with Crippen LogP contribution in [-0.2, 0) is 4.79 Å². The molecule has 9 nitrogen and oxygen atoms in total. The van der Waals surface area contributed by atoms with Gasteiger partial charge >= 0.3 is 6.03 Å². The van der Waals surface area contributed by atoms with Crippen LogP contribution >= 0.6 is 0 Å². The Balaban J connectivity index is 0.00000208. The van der Waals surface area contributed by atoms with Crippen molar-refractivity contribution in [1.29, 1.82) is 0 Å². The third-order valence-corrected chi connectivity index (χ3v) is 3.09. The molecule has 0 spiro atoms. The van der Waals surface area contributed by atoms with E-state index in [9.17, 15) is 19.7 Å². The number of benzene rings is 1. The zero-order chi connectivity index (χ0) is 16.4. The van der Waals surface area contributed by atoms with Crippen LogP contribution in [0.1, 0.15) is 5.76 Å². The molecule has 24 heavy (non-hydrogen) atoms. The molecule has 0 atom stereocenters. The van der Waals surface area contributed by atoms with Crippen LogP contribution in [0.3, 0.4) is 0 Å². The van der Waals surface area contributed by atoms with Crippen molar-refractivity contribution in [2.24, 2.45) is 5.10 Å². The summed E-state index contributed by atoms with van der Waals surface area (Å²) in [5.41, 5.74) is 0.663. The normalized spacial score (nSPS) is 13.9. The Morgan fingerprint density at radius 1 is 1.21 bits per heavy atom. The van der Waals surface area contributed by atoms with Crippen LogP contribution in [-0.4, -0.2) is 64.2 Å². The summed E-state index contributed by atoms with van der Waals surface area (Å²) < 4.78 is 5.53. The number of hydrogen-bond donors (Lipinski definition) is 1. The minimum atomic E-state index is -0.589. The number of nitrogens with zero attached hydrogens (tertiary/aromatic N) is 3. The van der Waals surface area contributed by atoms with Crippen molar-refractivity contribution in [3.63, 3.8) is 0 Å². The largest absolute Gasteiger partial charge is 0.455 e. The molecule has 3 amide bonds. The maximum atomic E-state index is 11.3. The second-order valence-electron chi connectivity index (χ2n) is 4.66. The van der Waals surface area contributed by atoms with Gasteiger partial charge in [-0.05, 0) is 24.3 Å². The van der Waals surface area contributed by atoms with Crippen molar-refractivity contribution in [3.8, 4) is 11.3 Å². The van der Waals surface area contributed by atoms with Crippen molar-refractivity contribution >= 4 is 53.4 Å². The molecule has 1 aromatic carbocycles. The number of amides is 3. The van der Waals surface area contributed by atoms with Crippen LogP contribution in [0.2, 0.25) is 0 Å². The number of non-ortho nitro benzene ring substituents is 1. The number of nitro groups is 1. The van der Waals surface area contributed by atoms with Gasteiger partial charge in [0.2, 0.25) is 5.91 Å². The van der Waals surface area contributed by atoms with E-state index in [1.54, 1.807) is 24.3 Å². The number of hydrazone groups is 1. The van der Waals surface area contributed by atoms with Gasteiger partial charge < -0.3 is 4.42 Å². The summed E-state index contributed by atoms with van der Waals surface area (Å²) in [6.45, 7) is -0.134. The molecule has 0 aliphatic carbocycles. The molecule has 1 N–H and O–H groups in total. The zero-order valence-electron chi connectivity index (χ0n) is 12.6. The van der Waals surface area contributed by atoms with Gasteiger partial charge in [-0.15, -0.1) is 0 Å². The zero-order valence-corrected chi connectivity index (χ0v) is 14.6. The molecule has 1 saturated heterocycles. The number of imide groups is 1. The van der Waals surface area contributed by atoms with E-state index in [-0.39, 0.29) is 41.8 Å². The number of carbonyl (C=O) groups excluding carboxylic acids is 2. The molecule has 2 aromatic rings. The average Bonchev–Trinajstić information content (AvgIpc) is 3.11. The van der Waals surface area contributed by atoms with E-state index in [0.29, 0.717) is 17.1 Å². The molecule has 10 heteroatoms. The van der Waals surface area contributed by atoms with Crippen molar-refractivity contribution in [3.05, 3.63) is 52.3 Å². The average molecular weight is 337 g/mol. The molecule has 0 unspecified atom stereocenters. The van der Waals surface area contributed by atoms with Gasteiger partial charge in [0.15, 0.2) is 0 Å². The first-order chi connectivity index (χ1) is 11.0. The summed E-state index contributed by atoms with van der Waals surface area (Å²) in [6.07, 6.45) is 1.31. The molecule has 1 radical (unpaired) electrons. The van der Waals surface area contributed by atoms with E-state index in [1.165, 1.54) is 18.3 Å². The Labute approximate surface area is 157 Å². The molecule has 0 saturated carbocycles. The number of nitro benzene ring substituents is 1. The van der Waals surface area contributed by atoms with Gasteiger partial charge in [-0.3, -0.25) is 20.2 Å². The fraction of sp³-hybridized carbons (Fsp3) is 0.0714. The Bertz CT molecular complexity index is 815. The predicted molar refractivity (Wildman–Crippen MR) is 84.4 cm³/mol. The third kappa shape index (κ3) is 3.88. The maximum Gasteiger partial charge on any atom is 0.344 e. The fourth-order valence-corrected chi connectivity index (χ4v) is 1.98. The van der Waals surface area contributed by atoms with Crippen LogP contribution < -0.4 is 5.32 Å². The summed E-state index contributed by atoms with van der Waals surface area (Å²) >= 11 is 0. The Hall–Kier alpha value is -2.49. The van der Waals surface area contributed by atoms with Gasteiger partial charge in [0.25, 0.3) is 5.69 Å². The second-order valence-corrected chi connectivity index (χ2v) is 4.66. The third-order valence-electron chi connectivity index (χ3n) is 3.09. The standard InChI is InChI=1S/C14H10N4O5.Na/c19-13-8-17(14(20)16-13)15-7-11-5-6-12(23-11)9-1-3-10(4-2-9)18(21)22;/h1-7H,8H2,(H,16,19,20);. The summed E-state index contributed by atoms with van der Waals surface area (Å²) in [7, 11) is 0. The molecular weight excluding hydrogens is 327 g/mol. The van der Waals surface area contributed by atoms with E-state index < -0.39 is 16.9 Å². The van der Waals surface area contributed by atoms with Crippen LogP contribution in [0.4, 0.5) is 10.5 Å². The first-order valence-corrected chi connectivity index (χ1v) is 6.53. The number of carbonyl (C=O) groups is 2. The summed E-state index contributed by atoms with van der Waals surface area (Å²) in [4.78, 5) is 32.5. The maximum absolute atomic E-state index is 11.3. The first-order valence-electron chi connectivity index (χ1n) is 6.53. The van der Waals surface area contributed by atoms with Crippen LogP contribution in [0, 0.1) is 10.1 Å². The first kappa shape index (κ1) is 17.9. The monoisotopic (exact) mass is 337 g/mol. The minimum Gasteiger partial charge on any atom is -0.455 e. The molecule has 2 heterocycles. The molecule has 1 aliphatic rings. The smallest absolute Gasteiger partial charge is 0.344 e. The van der Waals surface area contributed by atoms with Crippen molar-refractivity contribution in [2.75, 3.05) is 6.54 Å².